The maximum absolute atomic E-state index is 13.6. The Morgan fingerprint density at radius 2 is 2.05 bits per heavy atom. The van der Waals surface area contributed by atoms with Gasteiger partial charge in [-0.15, -0.1) is 0 Å². The number of anilines is 1. The fraction of sp³-hybridized carbons (Fsp3) is 0.0714. The quantitative estimate of drug-likeness (QED) is 0.880. The van der Waals surface area contributed by atoms with Crippen molar-refractivity contribution in [1.82, 2.24) is 0 Å². The monoisotopic (exact) mass is 279 g/mol. The fourth-order valence-electron chi connectivity index (χ4n) is 1.62. The van der Waals surface area contributed by atoms with Crippen molar-refractivity contribution in [2.75, 3.05) is 5.32 Å². The van der Waals surface area contributed by atoms with E-state index >= 15 is 0 Å². The summed E-state index contributed by atoms with van der Waals surface area (Å²) >= 11 is 5.62. The molecule has 0 saturated heterocycles. The first-order valence-corrected chi connectivity index (χ1v) is 5.92. The topological polar surface area (TPSA) is 49.3 Å². The van der Waals surface area contributed by atoms with Crippen molar-refractivity contribution in [2.45, 2.75) is 6.92 Å². The highest BCUT2D eigenvalue weighted by atomic mass is 35.5. The van der Waals surface area contributed by atoms with Gasteiger partial charge in [0.05, 0.1) is 16.3 Å². The van der Waals surface area contributed by atoms with Gasteiger partial charge in [-0.2, -0.15) is 0 Å². The van der Waals surface area contributed by atoms with Crippen LogP contribution in [0.3, 0.4) is 0 Å². The largest absolute Gasteiger partial charge is 0.507 e. The molecule has 0 bridgehead atoms. The van der Waals surface area contributed by atoms with Crippen molar-refractivity contribution in [3.05, 3.63) is 58.4 Å². The molecule has 3 nitrogen and oxygen atoms in total. The molecule has 0 saturated carbocycles. The van der Waals surface area contributed by atoms with Crippen LogP contribution < -0.4 is 5.32 Å². The zero-order valence-electron chi connectivity index (χ0n) is 10.1. The molecule has 0 fully saturated rings. The first kappa shape index (κ1) is 13.4. The highest BCUT2D eigenvalue weighted by molar-refractivity contribution is 6.31. The van der Waals surface area contributed by atoms with Gasteiger partial charge >= 0.3 is 0 Å². The molecule has 0 spiro atoms. The molecule has 1 amide bonds. The van der Waals surface area contributed by atoms with Gasteiger partial charge in [-0.05, 0) is 31.2 Å². The second-order valence-electron chi connectivity index (χ2n) is 4.08. The van der Waals surface area contributed by atoms with Crippen molar-refractivity contribution in [3.63, 3.8) is 0 Å². The van der Waals surface area contributed by atoms with Crippen LogP contribution in [0.1, 0.15) is 15.9 Å². The van der Waals surface area contributed by atoms with E-state index in [0.717, 1.165) is 5.56 Å². The van der Waals surface area contributed by atoms with Crippen molar-refractivity contribution in [1.29, 1.82) is 0 Å². The summed E-state index contributed by atoms with van der Waals surface area (Å²) in [6.07, 6.45) is 0. The standard InChI is InChI=1S/C14H11ClFNO2/c1-8-5-6-12(18)9(7-8)14(19)17-11-4-2-3-10(15)13(11)16/h2-7,18H,1H3,(H,17,19). The average Bonchev–Trinajstić information content (AvgIpc) is 2.38. The molecule has 98 valence electrons. The summed E-state index contributed by atoms with van der Waals surface area (Å²) in [6.45, 7) is 1.79. The minimum Gasteiger partial charge on any atom is -0.507 e. The number of hydrogen-bond acceptors (Lipinski definition) is 2. The molecule has 0 aliphatic heterocycles. The number of phenolic OH excluding ortho intramolecular Hbond substituents is 1. The van der Waals surface area contributed by atoms with E-state index in [9.17, 15) is 14.3 Å². The van der Waals surface area contributed by atoms with E-state index in [2.05, 4.69) is 5.32 Å². The number of benzene rings is 2. The van der Waals surface area contributed by atoms with Crippen LogP contribution in [0.25, 0.3) is 0 Å². The number of phenols is 1. The third-order valence-corrected chi connectivity index (χ3v) is 2.89. The predicted molar refractivity (Wildman–Crippen MR) is 72.2 cm³/mol. The highest BCUT2D eigenvalue weighted by Gasteiger charge is 2.14. The predicted octanol–water partition coefficient (Wildman–Crippen LogP) is 3.75. The summed E-state index contributed by atoms with van der Waals surface area (Å²) in [5, 5.41) is 11.9. The lowest BCUT2D eigenvalue weighted by Crippen LogP contribution is -2.13. The van der Waals surface area contributed by atoms with Gasteiger partial charge in [0.15, 0.2) is 5.82 Å². The zero-order valence-corrected chi connectivity index (χ0v) is 10.8. The molecule has 19 heavy (non-hydrogen) atoms. The smallest absolute Gasteiger partial charge is 0.259 e. The van der Waals surface area contributed by atoms with E-state index in [4.69, 9.17) is 11.6 Å². The van der Waals surface area contributed by atoms with Gasteiger partial charge in [0, 0.05) is 0 Å². The van der Waals surface area contributed by atoms with E-state index in [1.807, 2.05) is 0 Å². The van der Waals surface area contributed by atoms with Crippen LogP contribution in [0.4, 0.5) is 10.1 Å². The number of rotatable bonds is 2. The van der Waals surface area contributed by atoms with Gasteiger partial charge in [-0.25, -0.2) is 4.39 Å². The molecule has 2 aromatic carbocycles. The maximum Gasteiger partial charge on any atom is 0.259 e. The molecule has 0 aliphatic rings. The number of aryl methyl sites for hydroxylation is 1. The number of amides is 1. The molecule has 0 radical (unpaired) electrons. The Balaban J connectivity index is 2.31. The van der Waals surface area contributed by atoms with Crippen molar-refractivity contribution in [3.8, 4) is 5.75 Å². The highest BCUT2D eigenvalue weighted by Crippen LogP contribution is 2.24. The van der Waals surface area contributed by atoms with Crippen LogP contribution in [0.5, 0.6) is 5.75 Å². The minimum absolute atomic E-state index is 0.0293. The Bertz CT molecular complexity index is 643. The van der Waals surface area contributed by atoms with Gasteiger partial charge in [-0.1, -0.05) is 29.3 Å². The zero-order chi connectivity index (χ0) is 14.0. The summed E-state index contributed by atoms with van der Waals surface area (Å²) in [6, 6.07) is 8.91. The number of halogens is 2. The number of aromatic hydroxyl groups is 1. The SMILES string of the molecule is Cc1ccc(O)c(C(=O)Nc2cccc(Cl)c2F)c1. The van der Waals surface area contributed by atoms with Gasteiger partial charge in [0.1, 0.15) is 5.75 Å². The van der Waals surface area contributed by atoms with Crippen molar-refractivity contribution < 1.29 is 14.3 Å². The molecule has 0 atom stereocenters. The Morgan fingerprint density at radius 3 is 2.79 bits per heavy atom. The Kier molecular flexibility index (Phi) is 3.71. The second kappa shape index (κ2) is 5.28. The Labute approximate surface area is 114 Å². The van der Waals surface area contributed by atoms with Crippen LogP contribution >= 0.6 is 11.6 Å². The van der Waals surface area contributed by atoms with Crippen LogP contribution in [-0.4, -0.2) is 11.0 Å². The van der Waals surface area contributed by atoms with Crippen LogP contribution in [0.2, 0.25) is 5.02 Å². The molecular formula is C14H11ClFNO2. The Hall–Kier alpha value is -2.07. The van der Waals surface area contributed by atoms with Crippen molar-refractivity contribution >= 4 is 23.2 Å². The Morgan fingerprint density at radius 1 is 1.32 bits per heavy atom. The number of hydrogen-bond donors (Lipinski definition) is 2. The van der Waals surface area contributed by atoms with E-state index in [0.29, 0.717) is 0 Å². The third-order valence-electron chi connectivity index (χ3n) is 2.60. The van der Waals surface area contributed by atoms with Gasteiger partial charge in [0.25, 0.3) is 5.91 Å². The molecule has 0 aliphatic carbocycles. The van der Waals surface area contributed by atoms with E-state index in [1.54, 1.807) is 13.0 Å². The lowest BCUT2D eigenvalue weighted by molar-refractivity contribution is 0.102. The van der Waals surface area contributed by atoms with E-state index in [-0.39, 0.29) is 22.0 Å². The summed E-state index contributed by atoms with van der Waals surface area (Å²) in [7, 11) is 0. The third kappa shape index (κ3) is 2.85. The normalized spacial score (nSPS) is 10.3. The average molecular weight is 280 g/mol. The minimum atomic E-state index is -0.704. The molecule has 2 aromatic rings. The lowest BCUT2D eigenvalue weighted by Gasteiger charge is -2.09. The maximum atomic E-state index is 13.6. The second-order valence-corrected chi connectivity index (χ2v) is 4.48. The van der Waals surface area contributed by atoms with Crippen LogP contribution in [0, 0.1) is 12.7 Å². The molecule has 0 unspecified atom stereocenters. The van der Waals surface area contributed by atoms with Crippen molar-refractivity contribution in [2.24, 2.45) is 0 Å². The summed E-state index contributed by atoms with van der Waals surface area (Å²) in [5.74, 6) is -1.46. The lowest BCUT2D eigenvalue weighted by atomic mass is 10.1. The summed E-state index contributed by atoms with van der Waals surface area (Å²) in [4.78, 5) is 12.0. The first-order chi connectivity index (χ1) is 8.99. The van der Waals surface area contributed by atoms with E-state index < -0.39 is 11.7 Å². The molecule has 2 N–H and O–H groups in total. The van der Waals surface area contributed by atoms with Gasteiger partial charge in [0.2, 0.25) is 0 Å². The summed E-state index contributed by atoms with van der Waals surface area (Å²) in [5.41, 5.74) is 0.868. The van der Waals surface area contributed by atoms with Gasteiger partial charge < -0.3 is 10.4 Å². The first-order valence-electron chi connectivity index (χ1n) is 5.54. The molecular weight excluding hydrogens is 269 g/mol. The van der Waals surface area contributed by atoms with Gasteiger partial charge in [-0.3, -0.25) is 4.79 Å². The molecule has 0 heterocycles. The van der Waals surface area contributed by atoms with Crippen LogP contribution in [0.15, 0.2) is 36.4 Å². The number of carbonyl (C=O) groups is 1. The molecule has 5 heteroatoms. The summed E-state index contributed by atoms with van der Waals surface area (Å²) < 4.78 is 13.6. The number of carbonyl (C=O) groups excluding carboxylic acids is 1. The van der Waals surface area contributed by atoms with E-state index in [1.165, 1.54) is 30.3 Å². The fourth-order valence-corrected chi connectivity index (χ4v) is 1.80. The molecule has 0 aromatic heterocycles. The number of nitrogens with one attached hydrogen (secondary N) is 1. The van der Waals surface area contributed by atoms with Crippen LogP contribution in [-0.2, 0) is 0 Å². The molecule has 2 rings (SSSR count).